The van der Waals surface area contributed by atoms with Crippen molar-refractivity contribution < 1.29 is 4.74 Å². The molecule has 114 valence electrons. The van der Waals surface area contributed by atoms with Crippen molar-refractivity contribution in [2.45, 2.75) is 78.1 Å². The number of hydrogen-bond acceptors (Lipinski definition) is 2. The van der Waals surface area contributed by atoms with Gasteiger partial charge < -0.3 is 4.74 Å². The molecule has 2 nitrogen and oxygen atoms in total. The van der Waals surface area contributed by atoms with Gasteiger partial charge in [0.05, 0.1) is 12.8 Å². The minimum atomic E-state index is 0.0959. The first kappa shape index (κ1) is 17.0. The highest BCUT2D eigenvalue weighted by atomic mass is 16.5. The van der Waals surface area contributed by atoms with Crippen LogP contribution in [0.4, 0.5) is 0 Å². The molecular formula is C18H31NO. The van der Waals surface area contributed by atoms with E-state index < -0.39 is 0 Å². The van der Waals surface area contributed by atoms with Gasteiger partial charge in [0.15, 0.2) is 0 Å². The average molecular weight is 277 g/mol. The van der Waals surface area contributed by atoms with Gasteiger partial charge in [-0.25, -0.2) is 0 Å². The fourth-order valence-corrected chi connectivity index (χ4v) is 2.63. The summed E-state index contributed by atoms with van der Waals surface area (Å²) < 4.78 is 5.66. The summed E-state index contributed by atoms with van der Waals surface area (Å²) >= 11 is 0. The second-order valence-corrected chi connectivity index (χ2v) is 6.31. The summed E-state index contributed by atoms with van der Waals surface area (Å²) in [6.45, 7) is 13.5. The molecule has 0 saturated heterocycles. The Labute approximate surface area is 125 Å². The van der Waals surface area contributed by atoms with Crippen LogP contribution in [0.5, 0.6) is 5.75 Å². The lowest BCUT2D eigenvalue weighted by Gasteiger charge is -2.31. The van der Waals surface area contributed by atoms with Crippen molar-refractivity contribution in [3.63, 3.8) is 0 Å². The summed E-state index contributed by atoms with van der Waals surface area (Å²) in [5.41, 5.74) is 2.67. The average Bonchev–Trinajstić information content (AvgIpc) is 2.52. The Balaban J connectivity index is 3.34. The summed E-state index contributed by atoms with van der Waals surface area (Å²) in [6.07, 6.45) is 6.45. The Hall–Kier alpha value is -1.05. The molecule has 0 aliphatic rings. The molecule has 1 rings (SSSR count). The predicted octanol–water partition coefficient (Wildman–Crippen LogP) is 5.25. The SMILES string of the molecule is CCC(C)(CC)c1cnc(C(C)(CC)CC)c(OC)c1. The monoisotopic (exact) mass is 277 g/mol. The van der Waals surface area contributed by atoms with E-state index in [0.29, 0.717) is 0 Å². The number of rotatable bonds is 7. The largest absolute Gasteiger partial charge is 0.495 e. The zero-order valence-electron chi connectivity index (χ0n) is 14.3. The van der Waals surface area contributed by atoms with Gasteiger partial charge in [0.25, 0.3) is 0 Å². The normalized spacial score (nSPS) is 12.6. The molecule has 2 heteroatoms. The van der Waals surface area contributed by atoms with Gasteiger partial charge in [-0.2, -0.15) is 0 Å². The summed E-state index contributed by atoms with van der Waals surface area (Å²) in [4.78, 5) is 4.80. The highest BCUT2D eigenvalue weighted by Gasteiger charge is 2.30. The molecule has 1 heterocycles. The van der Waals surface area contributed by atoms with Crippen LogP contribution in [-0.4, -0.2) is 12.1 Å². The molecule has 0 aliphatic carbocycles. The van der Waals surface area contributed by atoms with E-state index in [0.717, 1.165) is 37.1 Å². The van der Waals surface area contributed by atoms with E-state index in [1.165, 1.54) is 5.56 Å². The van der Waals surface area contributed by atoms with Crippen molar-refractivity contribution in [2.75, 3.05) is 7.11 Å². The molecule has 0 N–H and O–H groups in total. The van der Waals surface area contributed by atoms with Crippen LogP contribution in [0, 0.1) is 0 Å². The fourth-order valence-electron chi connectivity index (χ4n) is 2.63. The molecule has 0 spiro atoms. The van der Waals surface area contributed by atoms with E-state index in [4.69, 9.17) is 9.72 Å². The van der Waals surface area contributed by atoms with Crippen molar-refractivity contribution in [2.24, 2.45) is 0 Å². The van der Waals surface area contributed by atoms with E-state index in [9.17, 15) is 0 Å². The van der Waals surface area contributed by atoms with Gasteiger partial charge >= 0.3 is 0 Å². The number of pyridine rings is 1. The Morgan fingerprint density at radius 1 is 0.950 bits per heavy atom. The first-order valence-corrected chi connectivity index (χ1v) is 7.95. The molecule has 0 amide bonds. The Morgan fingerprint density at radius 2 is 1.45 bits per heavy atom. The van der Waals surface area contributed by atoms with Crippen molar-refractivity contribution in [1.29, 1.82) is 0 Å². The van der Waals surface area contributed by atoms with Crippen LogP contribution in [0.25, 0.3) is 0 Å². The van der Waals surface area contributed by atoms with Crippen molar-refractivity contribution in [3.05, 3.63) is 23.5 Å². The second-order valence-electron chi connectivity index (χ2n) is 6.31. The highest BCUT2D eigenvalue weighted by Crippen LogP contribution is 2.39. The molecule has 20 heavy (non-hydrogen) atoms. The molecule has 0 radical (unpaired) electrons. The number of nitrogens with zero attached hydrogens (tertiary/aromatic N) is 1. The Kier molecular flexibility index (Phi) is 5.61. The van der Waals surface area contributed by atoms with Crippen molar-refractivity contribution >= 4 is 0 Å². The van der Waals surface area contributed by atoms with Gasteiger partial charge in [-0.3, -0.25) is 4.98 Å². The maximum atomic E-state index is 5.66. The molecule has 0 bridgehead atoms. The number of aromatic nitrogens is 1. The third-order valence-electron chi connectivity index (χ3n) is 5.46. The van der Waals surface area contributed by atoms with E-state index >= 15 is 0 Å². The number of hydrogen-bond donors (Lipinski definition) is 0. The molecule has 0 aromatic carbocycles. The summed E-state index contributed by atoms with van der Waals surface area (Å²) in [7, 11) is 1.76. The fraction of sp³-hybridized carbons (Fsp3) is 0.722. The zero-order valence-corrected chi connectivity index (χ0v) is 14.3. The van der Waals surface area contributed by atoms with Crippen molar-refractivity contribution in [1.82, 2.24) is 4.98 Å². The molecule has 0 unspecified atom stereocenters. The second kappa shape index (κ2) is 6.60. The lowest BCUT2D eigenvalue weighted by molar-refractivity contribution is 0.359. The summed E-state index contributed by atoms with van der Waals surface area (Å²) in [5.74, 6) is 0.946. The van der Waals surface area contributed by atoms with Crippen LogP contribution in [0.1, 0.15) is 78.5 Å². The van der Waals surface area contributed by atoms with Crippen LogP contribution in [0.3, 0.4) is 0 Å². The maximum Gasteiger partial charge on any atom is 0.141 e. The van der Waals surface area contributed by atoms with Crippen LogP contribution in [0.2, 0.25) is 0 Å². The van der Waals surface area contributed by atoms with Gasteiger partial charge in [0, 0.05) is 11.6 Å². The van der Waals surface area contributed by atoms with Gasteiger partial charge in [0.1, 0.15) is 5.75 Å². The van der Waals surface area contributed by atoms with Gasteiger partial charge in [-0.05, 0) is 42.7 Å². The molecule has 1 aromatic rings. The third kappa shape index (κ3) is 2.99. The standard InChI is InChI=1S/C18H31NO/c1-8-17(5,9-2)14-12-15(20-7)16(19-13-14)18(6,10-3)11-4/h12-13H,8-11H2,1-7H3. The molecule has 0 fully saturated rings. The maximum absolute atomic E-state index is 5.66. The minimum Gasteiger partial charge on any atom is -0.495 e. The summed E-state index contributed by atoms with van der Waals surface area (Å²) in [5, 5.41) is 0. The van der Waals surface area contributed by atoms with Crippen molar-refractivity contribution in [3.8, 4) is 5.75 Å². The smallest absolute Gasteiger partial charge is 0.141 e. The minimum absolute atomic E-state index is 0.0959. The highest BCUT2D eigenvalue weighted by molar-refractivity contribution is 5.39. The molecule has 1 aromatic heterocycles. The topological polar surface area (TPSA) is 22.1 Å². The van der Waals surface area contributed by atoms with Crippen LogP contribution in [0.15, 0.2) is 12.3 Å². The van der Waals surface area contributed by atoms with Gasteiger partial charge in [-0.15, -0.1) is 0 Å². The quantitative estimate of drug-likeness (QED) is 0.679. The van der Waals surface area contributed by atoms with E-state index in [1.807, 2.05) is 0 Å². The van der Waals surface area contributed by atoms with Crippen LogP contribution < -0.4 is 4.74 Å². The van der Waals surface area contributed by atoms with Crippen LogP contribution in [-0.2, 0) is 10.8 Å². The molecular weight excluding hydrogens is 246 g/mol. The first-order valence-electron chi connectivity index (χ1n) is 7.95. The zero-order chi connectivity index (χ0) is 15.4. The Bertz CT molecular complexity index is 431. The van der Waals surface area contributed by atoms with E-state index in [2.05, 4.69) is 53.8 Å². The lowest BCUT2D eigenvalue weighted by Crippen LogP contribution is -2.25. The van der Waals surface area contributed by atoms with E-state index in [1.54, 1.807) is 7.11 Å². The molecule has 0 atom stereocenters. The van der Waals surface area contributed by atoms with Crippen LogP contribution >= 0.6 is 0 Å². The third-order valence-corrected chi connectivity index (χ3v) is 5.46. The predicted molar refractivity (Wildman–Crippen MR) is 86.7 cm³/mol. The summed E-state index contributed by atoms with van der Waals surface area (Å²) in [6, 6.07) is 2.21. The molecule has 0 saturated carbocycles. The van der Waals surface area contributed by atoms with Gasteiger partial charge in [0.2, 0.25) is 0 Å². The number of ether oxygens (including phenoxy) is 1. The molecule has 0 aliphatic heterocycles. The lowest BCUT2D eigenvalue weighted by atomic mass is 9.76. The van der Waals surface area contributed by atoms with E-state index in [-0.39, 0.29) is 10.8 Å². The first-order chi connectivity index (χ1) is 9.40. The number of methoxy groups -OCH3 is 1. The van der Waals surface area contributed by atoms with Gasteiger partial charge in [-0.1, -0.05) is 41.5 Å². The Morgan fingerprint density at radius 3 is 1.85 bits per heavy atom.